The number of anilines is 1. The third kappa shape index (κ3) is 5.58. The molecule has 0 aliphatic rings. The van der Waals surface area contributed by atoms with Gasteiger partial charge in [-0.15, -0.1) is 0 Å². The molecule has 0 aromatic heterocycles. The monoisotopic (exact) mass is 310 g/mol. The van der Waals surface area contributed by atoms with Crippen LogP contribution in [-0.2, 0) is 16.0 Å². The van der Waals surface area contributed by atoms with E-state index < -0.39 is 0 Å². The maximum atomic E-state index is 12.1. The molecule has 1 atom stereocenters. The molecule has 0 heterocycles. The Morgan fingerprint density at radius 2 is 1.78 bits per heavy atom. The second-order valence-electron chi connectivity index (χ2n) is 5.58. The molecule has 2 N–H and O–H groups in total. The first-order valence-corrected chi connectivity index (χ1v) is 7.75. The fraction of sp³-hybridized carbons (Fsp3) is 0.263. The van der Waals surface area contributed by atoms with E-state index >= 15 is 0 Å². The Bertz CT molecular complexity index is 668. The molecule has 0 unspecified atom stereocenters. The highest BCUT2D eigenvalue weighted by molar-refractivity contribution is 5.88. The topological polar surface area (TPSA) is 58.2 Å². The van der Waals surface area contributed by atoms with Crippen molar-refractivity contribution in [3.8, 4) is 0 Å². The highest BCUT2D eigenvalue weighted by Crippen LogP contribution is 2.17. The minimum absolute atomic E-state index is 0.0197. The molecule has 0 spiro atoms. The van der Waals surface area contributed by atoms with Gasteiger partial charge in [-0.05, 0) is 36.6 Å². The van der Waals surface area contributed by atoms with E-state index in [4.69, 9.17) is 0 Å². The maximum Gasteiger partial charge on any atom is 0.221 e. The fourth-order valence-electron chi connectivity index (χ4n) is 2.39. The third-order valence-corrected chi connectivity index (χ3v) is 3.57. The Morgan fingerprint density at radius 3 is 2.48 bits per heavy atom. The van der Waals surface area contributed by atoms with Gasteiger partial charge in [0.15, 0.2) is 0 Å². The van der Waals surface area contributed by atoms with Gasteiger partial charge >= 0.3 is 0 Å². The first kappa shape index (κ1) is 16.7. The minimum Gasteiger partial charge on any atom is -0.350 e. The standard InChI is InChI=1S/C19H22N2O2/c1-14(17-9-6-10-18(13-17)21-15(2)22)20-19(23)12-11-16-7-4-3-5-8-16/h3-10,13-14H,11-12H2,1-2H3,(H,20,23)(H,21,22)/t14-/m0/s1. The van der Waals surface area contributed by atoms with Gasteiger partial charge < -0.3 is 10.6 Å². The van der Waals surface area contributed by atoms with E-state index in [1.54, 1.807) is 0 Å². The molecule has 0 aliphatic carbocycles. The van der Waals surface area contributed by atoms with Gasteiger partial charge in [0, 0.05) is 19.0 Å². The van der Waals surface area contributed by atoms with Crippen molar-refractivity contribution in [2.75, 3.05) is 5.32 Å². The van der Waals surface area contributed by atoms with Crippen molar-refractivity contribution in [1.29, 1.82) is 0 Å². The lowest BCUT2D eigenvalue weighted by atomic mass is 10.1. The van der Waals surface area contributed by atoms with E-state index in [0.717, 1.165) is 23.2 Å². The van der Waals surface area contributed by atoms with Crippen LogP contribution < -0.4 is 10.6 Å². The predicted octanol–water partition coefficient (Wildman–Crippen LogP) is 3.46. The normalized spacial score (nSPS) is 11.6. The van der Waals surface area contributed by atoms with Gasteiger partial charge in [-0.3, -0.25) is 9.59 Å². The predicted molar refractivity (Wildman–Crippen MR) is 92.1 cm³/mol. The summed E-state index contributed by atoms with van der Waals surface area (Å²) in [6, 6.07) is 17.4. The lowest BCUT2D eigenvalue weighted by Gasteiger charge is -2.15. The van der Waals surface area contributed by atoms with Gasteiger partial charge in [-0.2, -0.15) is 0 Å². The van der Waals surface area contributed by atoms with Crippen LogP contribution in [-0.4, -0.2) is 11.8 Å². The van der Waals surface area contributed by atoms with Crippen LogP contribution in [0.5, 0.6) is 0 Å². The van der Waals surface area contributed by atoms with Crippen molar-refractivity contribution in [3.05, 3.63) is 65.7 Å². The SMILES string of the molecule is CC(=O)Nc1cccc([C@H](C)NC(=O)CCc2ccccc2)c1. The Hall–Kier alpha value is -2.62. The fourth-order valence-corrected chi connectivity index (χ4v) is 2.39. The smallest absolute Gasteiger partial charge is 0.221 e. The molecule has 0 bridgehead atoms. The highest BCUT2D eigenvalue weighted by atomic mass is 16.2. The van der Waals surface area contributed by atoms with Crippen LogP contribution in [0.15, 0.2) is 54.6 Å². The van der Waals surface area contributed by atoms with E-state index in [9.17, 15) is 9.59 Å². The summed E-state index contributed by atoms with van der Waals surface area (Å²) in [7, 11) is 0. The summed E-state index contributed by atoms with van der Waals surface area (Å²) in [6.45, 7) is 3.41. The summed E-state index contributed by atoms with van der Waals surface area (Å²) in [4.78, 5) is 23.2. The second-order valence-corrected chi connectivity index (χ2v) is 5.58. The molecule has 2 aromatic carbocycles. The number of hydrogen-bond donors (Lipinski definition) is 2. The molecular formula is C19H22N2O2. The average Bonchev–Trinajstić information content (AvgIpc) is 2.53. The molecule has 0 radical (unpaired) electrons. The van der Waals surface area contributed by atoms with Crippen LogP contribution in [0.4, 0.5) is 5.69 Å². The van der Waals surface area contributed by atoms with Crippen LogP contribution in [0.3, 0.4) is 0 Å². The van der Waals surface area contributed by atoms with Crippen LogP contribution in [0.2, 0.25) is 0 Å². The zero-order valence-corrected chi connectivity index (χ0v) is 13.5. The molecule has 4 nitrogen and oxygen atoms in total. The number of carbonyl (C=O) groups is 2. The van der Waals surface area contributed by atoms with Crippen molar-refractivity contribution in [2.24, 2.45) is 0 Å². The van der Waals surface area contributed by atoms with Crippen molar-refractivity contribution in [1.82, 2.24) is 5.32 Å². The molecular weight excluding hydrogens is 288 g/mol. The zero-order chi connectivity index (χ0) is 16.7. The number of benzene rings is 2. The molecule has 2 amide bonds. The average molecular weight is 310 g/mol. The van der Waals surface area contributed by atoms with Crippen molar-refractivity contribution in [2.45, 2.75) is 32.7 Å². The van der Waals surface area contributed by atoms with Crippen molar-refractivity contribution in [3.63, 3.8) is 0 Å². The number of rotatable bonds is 6. The van der Waals surface area contributed by atoms with Crippen LogP contribution >= 0.6 is 0 Å². The number of aryl methyl sites for hydroxylation is 1. The molecule has 4 heteroatoms. The first-order chi connectivity index (χ1) is 11.0. The van der Waals surface area contributed by atoms with Crippen molar-refractivity contribution >= 4 is 17.5 Å². The summed E-state index contributed by atoms with van der Waals surface area (Å²) in [5, 5.41) is 5.74. The third-order valence-electron chi connectivity index (χ3n) is 3.57. The summed E-state index contributed by atoms with van der Waals surface area (Å²) < 4.78 is 0. The molecule has 2 rings (SSSR count). The van der Waals surface area contributed by atoms with Gasteiger partial charge in [0.25, 0.3) is 0 Å². The van der Waals surface area contributed by atoms with Gasteiger partial charge in [0.1, 0.15) is 0 Å². The number of nitrogens with one attached hydrogen (secondary N) is 2. The molecule has 0 aliphatic heterocycles. The van der Waals surface area contributed by atoms with E-state index in [-0.39, 0.29) is 17.9 Å². The number of amides is 2. The summed E-state index contributed by atoms with van der Waals surface area (Å²) >= 11 is 0. The molecule has 2 aromatic rings. The Kier molecular flexibility index (Phi) is 5.92. The zero-order valence-electron chi connectivity index (χ0n) is 13.5. The van der Waals surface area contributed by atoms with Crippen LogP contribution in [0, 0.1) is 0 Å². The molecule has 120 valence electrons. The Labute approximate surface area is 136 Å². The lowest BCUT2D eigenvalue weighted by Crippen LogP contribution is -2.26. The second kappa shape index (κ2) is 8.13. The highest BCUT2D eigenvalue weighted by Gasteiger charge is 2.10. The van der Waals surface area contributed by atoms with E-state index in [1.807, 2.05) is 61.5 Å². The Balaban J connectivity index is 1.89. The molecule has 23 heavy (non-hydrogen) atoms. The lowest BCUT2D eigenvalue weighted by molar-refractivity contribution is -0.121. The molecule has 0 fully saturated rings. The number of hydrogen-bond acceptors (Lipinski definition) is 2. The van der Waals surface area contributed by atoms with Crippen molar-refractivity contribution < 1.29 is 9.59 Å². The summed E-state index contributed by atoms with van der Waals surface area (Å²) in [5.74, 6) is -0.0898. The quantitative estimate of drug-likeness (QED) is 0.858. The molecule has 0 saturated carbocycles. The Morgan fingerprint density at radius 1 is 1.04 bits per heavy atom. The van der Waals surface area contributed by atoms with E-state index in [0.29, 0.717) is 6.42 Å². The van der Waals surface area contributed by atoms with Gasteiger partial charge in [-0.25, -0.2) is 0 Å². The van der Waals surface area contributed by atoms with E-state index in [1.165, 1.54) is 6.92 Å². The van der Waals surface area contributed by atoms with E-state index in [2.05, 4.69) is 10.6 Å². The maximum absolute atomic E-state index is 12.1. The minimum atomic E-state index is -0.110. The summed E-state index contributed by atoms with van der Waals surface area (Å²) in [6.07, 6.45) is 1.19. The van der Waals surface area contributed by atoms with Gasteiger partial charge in [-0.1, -0.05) is 42.5 Å². The largest absolute Gasteiger partial charge is 0.350 e. The van der Waals surface area contributed by atoms with Gasteiger partial charge in [0.05, 0.1) is 6.04 Å². The summed E-state index contributed by atoms with van der Waals surface area (Å²) in [5.41, 5.74) is 2.85. The van der Waals surface area contributed by atoms with Crippen LogP contribution in [0.1, 0.15) is 37.4 Å². The number of carbonyl (C=O) groups excluding carboxylic acids is 2. The van der Waals surface area contributed by atoms with Crippen LogP contribution in [0.25, 0.3) is 0 Å². The first-order valence-electron chi connectivity index (χ1n) is 7.75. The molecule has 0 saturated heterocycles. The van der Waals surface area contributed by atoms with Gasteiger partial charge in [0.2, 0.25) is 11.8 Å².